The second-order valence-electron chi connectivity index (χ2n) is 7.74. The predicted molar refractivity (Wildman–Crippen MR) is 122 cm³/mol. The van der Waals surface area contributed by atoms with Gasteiger partial charge in [-0.2, -0.15) is 0 Å². The molecule has 0 atom stereocenters. The number of benzene rings is 2. The minimum absolute atomic E-state index is 0.327. The zero-order valence-corrected chi connectivity index (χ0v) is 18.2. The number of anilines is 2. The first kappa shape index (κ1) is 19.4. The van der Waals surface area contributed by atoms with Crippen LogP contribution in [0.3, 0.4) is 0 Å². The van der Waals surface area contributed by atoms with Crippen molar-refractivity contribution >= 4 is 53.7 Å². The molecule has 5 rings (SSSR count). The smallest absolute Gasteiger partial charge is 0.181 e. The third-order valence-electron chi connectivity index (χ3n) is 5.76. The number of fused-ring (bicyclic) bond motifs is 2. The van der Waals surface area contributed by atoms with Gasteiger partial charge < -0.3 is 10.2 Å². The fourth-order valence-corrected chi connectivity index (χ4v) is 6.41. The summed E-state index contributed by atoms with van der Waals surface area (Å²) in [5, 5.41) is 3.88. The van der Waals surface area contributed by atoms with Crippen LogP contribution in [0.4, 0.5) is 11.4 Å². The van der Waals surface area contributed by atoms with E-state index in [2.05, 4.69) is 20.2 Å². The maximum atomic E-state index is 13.3. The Labute approximate surface area is 179 Å². The lowest BCUT2D eigenvalue weighted by Crippen LogP contribution is -2.37. The average molecular weight is 439 g/mol. The molecule has 1 aliphatic heterocycles. The number of hydrogen-bond donors (Lipinski definition) is 1. The molecule has 154 valence electrons. The van der Waals surface area contributed by atoms with E-state index >= 15 is 0 Å². The minimum Gasteiger partial charge on any atom is -0.355 e. The summed E-state index contributed by atoms with van der Waals surface area (Å²) in [5.41, 5.74) is 5.27. The van der Waals surface area contributed by atoms with Gasteiger partial charge >= 0.3 is 0 Å². The molecule has 0 aliphatic carbocycles. The molecule has 0 saturated carbocycles. The monoisotopic (exact) mass is 438 g/mol. The fourth-order valence-electron chi connectivity index (χ4n) is 3.99. The second kappa shape index (κ2) is 7.61. The van der Waals surface area contributed by atoms with Crippen LogP contribution in [0.25, 0.3) is 21.1 Å². The van der Waals surface area contributed by atoms with Crippen molar-refractivity contribution < 1.29 is 8.42 Å². The SMILES string of the molecule is CN1CCC(S(=O)(=O)c2ccc3nccc(Nc4ccc5scnc5c4)c3c2)CC1. The number of thiazole rings is 1. The highest BCUT2D eigenvalue weighted by Gasteiger charge is 2.30. The van der Waals surface area contributed by atoms with Crippen molar-refractivity contribution in [2.24, 2.45) is 0 Å². The quantitative estimate of drug-likeness (QED) is 0.507. The first-order valence-electron chi connectivity index (χ1n) is 9.92. The summed E-state index contributed by atoms with van der Waals surface area (Å²) in [7, 11) is -1.35. The van der Waals surface area contributed by atoms with Crippen LogP contribution in [-0.2, 0) is 9.84 Å². The molecule has 6 nitrogen and oxygen atoms in total. The molecule has 1 fully saturated rings. The Morgan fingerprint density at radius 2 is 1.87 bits per heavy atom. The van der Waals surface area contributed by atoms with Gasteiger partial charge in [-0.3, -0.25) is 4.98 Å². The molecule has 4 aromatic rings. The summed E-state index contributed by atoms with van der Waals surface area (Å²) in [6.45, 7) is 1.62. The Morgan fingerprint density at radius 1 is 1.03 bits per heavy atom. The summed E-state index contributed by atoms with van der Waals surface area (Å²) < 4.78 is 27.6. The maximum Gasteiger partial charge on any atom is 0.181 e. The normalized spacial score (nSPS) is 16.3. The number of likely N-dealkylation sites (tertiary alicyclic amines) is 1. The van der Waals surface area contributed by atoms with E-state index in [-0.39, 0.29) is 5.25 Å². The number of nitrogens with one attached hydrogen (secondary N) is 1. The number of nitrogens with zero attached hydrogens (tertiary/aromatic N) is 3. The van der Waals surface area contributed by atoms with Gasteiger partial charge in [0.2, 0.25) is 0 Å². The number of hydrogen-bond acceptors (Lipinski definition) is 7. The lowest BCUT2D eigenvalue weighted by molar-refractivity contribution is 0.277. The molecule has 0 amide bonds. The molecule has 0 radical (unpaired) electrons. The van der Waals surface area contributed by atoms with E-state index in [4.69, 9.17) is 0 Å². The highest BCUT2D eigenvalue weighted by atomic mass is 32.2. The van der Waals surface area contributed by atoms with Crippen molar-refractivity contribution in [3.63, 3.8) is 0 Å². The third-order valence-corrected chi connectivity index (χ3v) is 8.83. The Morgan fingerprint density at radius 3 is 2.70 bits per heavy atom. The van der Waals surface area contributed by atoms with E-state index in [1.807, 2.05) is 36.8 Å². The van der Waals surface area contributed by atoms with Crippen molar-refractivity contribution in [2.75, 3.05) is 25.5 Å². The Kier molecular flexibility index (Phi) is 4.92. The second-order valence-corrected chi connectivity index (χ2v) is 10.9. The van der Waals surface area contributed by atoms with Crippen LogP contribution in [0.1, 0.15) is 12.8 Å². The summed E-state index contributed by atoms with van der Waals surface area (Å²) in [4.78, 5) is 11.3. The van der Waals surface area contributed by atoms with E-state index in [9.17, 15) is 8.42 Å². The molecule has 1 N–H and O–H groups in total. The summed E-state index contributed by atoms with van der Waals surface area (Å²) >= 11 is 1.60. The van der Waals surface area contributed by atoms with Gasteiger partial charge in [-0.05, 0) is 75.4 Å². The van der Waals surface area contributed by atoms with E-state index in [0.29, 0.717) is 17.7 Å². The first-order chi connectivity index (χ1) is 14.5. The summed E-state index contributed by atoms with van der Waals surface area (Å²) in [5.74, 6) is 0. The molecule has 1 saturated heterocycles. The van der Waals surface area contributed by atoms with Crippen molar-refractivity contribution in [2.45, 2.75) is 23.0 Å². The minimum atomic E-state index is -3.38. The molecule has 0 spiro atoms. The number of sulfone groups is 1. The largest absolute Gasteiger partial charge is 0.355 e. The van der Waals surface area contributed by atoms with Crippen molar-refractivity contribution in [1.82, 2.24) is 14.9 Å². The van der Waals surface area contributed by atoms with Gasteiger partial charge in [-0.25, -0.2) is 13.4 Å². The Bertz CT molecular complexity index is 1330. The number of piperidine rings is 1. The lowest BCUT2D eigenvalue weighted by atomic mass is 10.1. The first-order valence-corrected chi connectivity index (χ1v) is 12.3. The third kappa shape index (κ3) is 3.55. The highest BCUT2D eigenvalue weighted by molar-refractivity contribution is 7.92. The molecule has 0 bridgehead atoms. The van der Waals surface area contributed by atoms with E-state index < -0.39 is 9.84 Å². The Hall–Kier alpha value is -2.55. The number of aromatic nitrogens is 2. The topological polar surface area (TPSA) is 75.2 Å². The van der Waals surface area contributed by atoms with E-state index in [1.165, 1.54) is 0 Å². The van der Waals surface area contributed by atoms with Crippen LogP contribution in [0.15, 0.2) is 59.1 Å². The lowest BCUT2D eigenvalue weighted by Gasteiger charge is -2.28. The molecular weight excluding hydrogens is 416 g/mol. The maximum absolute atomic E-state index is 13.3. The molecule has 30 heavy (non-hydrogen) atoms. The van der Waals surface area contributed by atoms with Gasteiger partial charge in [0.1, 0.15) is 0 Å². The van der Waals surface area contributed by atoms with Gasteiger partial charge in [-0.1, -0.05) is 0 Å². The predicted octanol–water partition coefficient (Wildman–Crippen LogP) is 4.46. The van der Waals surface area contributed by atoms with Crippen molar-refractivity contribution in [3.8, 4) is 0 Å². The molecule has 1 aliphatic rings. The van der Waals surface area contributed by atoms with Gasteiger partial charge in [0.15, 0.2) is 9.84 Å². The summed E-state index contributed by atoms with van der Waals surface area (Å²) in [6.07, 6.45) is 3.07. The number of rotatable bonds is 4. The fraction of sp³-hybridized carbons (Fsp3) is 0.273. The zero-order valence-electron chi connectivity index (χ0n) is 16.6. The summed E-state index contributed by atoms with van der Waals surface area (Å²) in [6, 6.07) is 13.2. The van der Waals surface area contributed by atoms with Crippen molar-refractivity contribution in [1.29, 1.82) is 0 Å². The van der Waals surface area contributed by atoms with Crippen LogP contribution >= 0.6 is 11.3 Å². The van der Waals surface area contributed by atoms with Crippen LogP contribution in [0, 0.1) is 0 Å². The zero-order chi connectivity index (χ0) is 20.7. The average Bonchev–Trinajstić information content (AvgIpc) is 3.22. The van der Waals surface area contributed by atoms with Gasteiger partial charge in [0.25, 0.3) is 0 Å². The van der Waals surface area contributed by atoms with Crippen LogP contribution in [-0.4, -0.2) is 48.7 Å². The molecule has 3 heterocycles. The van der Waals surface area contributed by atoms with Crippen LogP contribution in [0.2, 0.25) is 0 Å². The highest BCUT2D eigenvalue weighted by Crippen LogP contribution is 2.31. The van der Waals surface area contributed by atoms with Crippen LogP contribution < -0.4 is 5.32 Å². The van der Waals surface area contributed by atoms with Crippen LogP contribution in [0.5, 0.6) is 0 Å². The standard InChI is InChI=1S/C22H22N4O2S2/c1-26-10-7-16(8-11-26)30(27,28)17-3-4-19-18(13-17)20(6-9-23-19)25-15-2-5-22-21(12-15)24-14-29-22/h2-6,9,12-14,16H,7-8,10-11H2,1H3,(H,23,25). The van der Waals surface area contributed by atoms with E-state index in [1.54, 1.807) is 35.7 Å². The molecule has 2 aromatic heterocycles. The van der Waals surface area contributed by atoms with Crippen molar-refractivity contribution in [3.05, 3.63) is 54.2 Å². The molecular formula is C22H22N4O2S2. The van der Waals surface area contributed by atoms with Gasteiger partial charge in [0.05, 0.1) is 31.4 Å². The molecule has 8 heteroatoms. The van der Waals surface area contributed by atoms with Gasteiger partial charge in [0, 0.05) is 23.0 Å². The Balaban J connectivity index is 1.52. The van der Waals surface area contributed by atoms with E-state index in [0.717, 1.165) is 45.6 Å². The van der Waals surface area contributed by atoms with Gasteiger partial charge in [-0.15, -0.1) is 11.3 Å². The number of pyridine rings is 1. The molecule has 0 unspecified atom stereocenters. The molecule has 2 aromatic carbocycles.